The molecule has 0 unspecified atom stereocenters. The van der Waals surface area contributed by atoms with Crippen molar-refractivity contribution >= 4 is 12.1 Å². The SMILES string of the molecule is CC(C)(C)OC(=O)N1CCC[C@@H]1c1cccc(-c2ccccc2C(=O)O)c1. The van der Waals surface area contributed by atoms with Gasteiger partial charge >= 0.3 is 12.1 Å². The van der Waals surface area contributed by atoms with Crippen molar-refractivity contribution in [2.75, 3.05) is 6.54 Å². The van der Waals surface area contributed by atoms with E-state index in [1.165, 1.54) is 0 Å². The van der Waals surface area contributed by atoms with Crippen LogP contribution in [0.5, 0.6) is 0 Å². The molecule has 3 rings (SSSR count). The van der Waals surface area contributed by atoms with Crippen molar-refractivity contribution in [1.29, 1.82) is 0 Å². The molecule has 1 heterocycles. The van der Waals surface area contributed by atoms with Crippen LogP contribution >= 0.6 is 0 Å². The minimum absolute atomic E-state index is 0.0585. The van der Waals surface area contributed by atoms with Gasteiger partial charge in [-0.1, -0.05) is 36.4 Å². The largest absolute Gasteiger partial charge is 0.478 e. The first-order valence-corrected chi connectivity index (χ1v) is 9.18. The number of benzene rings is 2. The Morgan fingerprint density at radius 2 is 1.85 bits per heavy atom. The fourth-order valence-electron chi connectivity index (χ4n) is 3.49. The first-order valence-electron chi connectivity index (χ1n) is 9.18. The van der Waals surface area contributed by atoms with Crippen molar-refractivity contribution < 1.29 is 19.4 Å². The fraction of sp³-hybridized carbons (Fsp3) is 0.364. The third-order valence-corrected chi connectivity index (χ3v) is 4.62. The highest BCUT2D eigenvalue weighted by Crippen LogP contribution is 2.35. The summed E-state index contributed by atoms with van der Waals surface area (Å²) in [4.78, 5) is 25.9. The maximum Gasteiger partial charge on any atom is 0.410 e. The van der Waals surface area contributed by atoms with E-state index in [0.29, 0.717) is 12.1 Å². The monoisotopic (exact) mass is 367 g/mol. The van der Waals surface area contributed by atoms with Crippen molar-refractivity contribution in [2.24, 2.45) is 0 Å². The second-order valence-electron chi connectivity index (χ2n) is 7.81. The standard InChI is InChI=1S/C22H25NO4/c1-22(2,3)27-21(26)23-13-7-12-19(23)16-9-6-8-15(14-16)17-10-4-5-11-18(17)20(24)25/h4-6,8-11,14,19H,7,12-13H2,1-3H3,(H,24,25)/t19-/m1/s1. The Hall–Kier alpha value is -2.82. The molecular formula is C22H25NO4. The molecule has 1 aliphatic rings. The smallest absolute Gasteiger partial charge is 0.410 e. The zero-order chi connectivity index (χ0) is 19.6. The van der Waals surface area contributed by atoms with Gasteiger partial charge in [0.1, 0.15) is 5.60 Å². The number of carboxylic acid groups (broad SMARTS) is 1. The van der Waals surface area contributed by atoms with Gasteiger partial charge < -0.3 is 14.7 Å². The maximum absolute atomic E-state index is 12.6. The average molecular weight is 367 g/mol. The number of hydrogen-bond acceptors (Lipinski definition) is 3. The lowest BCUT2D eigenvalue weighted by atomic mass is 9.95. The van der Waals surface area contributed by atoms with Crippen molar-refractivity contribution in [3.05, 3.63) is 59.7 Å². The molecule has 1 aliphatic heterocycles. The van der Waals surface area contributed by atoms with E-state index in [2.05, 4.69) is 0 Å². The Kier molecular flexibility index (Phi) is 5.22. The molecule has 0 saturated carbocycles. The molecule has 5 nitrogen and oxygen atoms in total. The number of hydrogen-bond donors (Lipinski definition) is 1. The predicted molar refractivity (Wildman–Crippen MR) is 104 cm³/mol. The van der Waals surface area contributed by atoms with Crippen LogP contribution in [0, 0.1) is 0 Å². The number of likely N-dealkylation sites (tertiary alicyclic amines) is 1. The lowest BCUT2D eigenvalue weighted by molar-refractivity contribution is 0.0224. The van der Waals surface area contributed by atoms with Crippen LogP contribution < -0.4 is 0 Å². The van der Waals surface area contributed by atoms with Crippen molar-refractivity contribution in [1.82, 2.24) is 4.90 Å². The van der Waals surface area contributed by atoms with Gasteiger partial charge in [0.25, 0.3) is 0 Å². The van der Waals surface area contributed by atoms with Gasteiger partial charge in [-0.2, -0.15) is 0 Å². The Morgan fingerprint density at radius 3 is 2.56 bits per heavy atom. The second kappa shape index (κ2) is 7.43. The molecule has 0 aliphatic carbocycles. The number of amides is 1. The van der Waals surface area contributed by atoms with Crippen LogP contribution in [0.3, 0.4) is 0 Å². The molecule has 1 N–H and O–H groups in total. The van der Waals surface area contributed by atoms with Crippen molar-refractivity contribution in [3.8, 4) is 11.1 Å². The number of rotatable bonds is 3. The van der Waals surface area contributed by atoms with Crippen LogP contribution in [-0.4, -0.2) is 34.2 Å². The quantitative estimate of drug-likeness (QED) is 0.817. The van der Waals surface area contributed by atoms with Crippen LogP contribution in [0.25, 0.3) is 11.1 Å². The number of aromatic carboxylic acids is 1. The van der Waals surface area contributed by atoms with Gasteiger partial charge in [-0.3, -0.25) is 0 Å². The Morgan fingerprint density at radius 1 is 1.11 bits per heavy atom. The third-order valence-electron chi connectivity index (χ3n) is 4.62. The molecule has 0 spiro atoms. The Balaban J connectivity index is 1.92. The third kappa shape index (κ3) is 4.30. The topological polar surface area (TPSA) is 66.8 Å². The zero-order valence-electron chi connectivity index (χ0n) is 15.9. The van der Waals surface area contributed by atoms with Crippen molar-refractivity contribution in [2.45, 2.75) is 45.3 Å². The average Bonchev–Trinajstić information content (AvgIpc) is 3.10. The van der Waals surface area contributed by atoms with Gasteiger partial charge in [0.2, 0.25) is 0 Å². The maximum atomic E-state index is 12.6. The molecule has 27 heavy (non-hydrogen) atoms. The predicted octanol–water partition coefficient (Wildman–Crippen LogP) is 5.12. The van der Waals surface area contributed by atoms with Gasteiger partial charge in [0, 0.05) is 6.54 Å². The van der Waals surface area contributed by atoms with Gasteiger partial charge in [-0.05, 0) is 62.4 Å². The first-order chi connectivity index (χ1) is 12.8. The molecule has 1 amide bonds. The number of nitrogens with zero attached hydrogens (tertiary/aromatic N) is 1. The second-order valence-corrected chi connectivity index (χ2v) is 7.81. The zero-order valence-corrected chi connectivity index (χ0v) is 15.9. The summed E-state index contributed by atoms with van der Waals surface area (Å²) in [5, 5.41) is 9.46. The van der Waals surface area contributed by atoms with E-state index in [-0.39, 0.29) is 17.7 Å². The summed E-state index contributed by atoms with van der Waals surface area (Å²) in [7, 11) is 0. The molecule has 1 fully saturated rings. The molecule has 2 aromatic rings. The van der Waals surface area contributed by atoms with E-state index in [4.69, 9.17) is 4.74 Å². The summed E-state index contributed by atoms with van der Waals surface area (Å²) >= 11 is 0. The number of carbonyl (C=O) groups is 2. The summed E-state index contributed by atoms with van der Waals surface area (Å²) in [5.74, 6) is -0.952. The van der Waals surface area contributed by atoms with Gasteiger partial charge in [-0.15, -0.1) is 0 Å². The molecular weight excluding hydrogens is 342 g/mol. The summed E-state index contributed by atoms with van der Waals surface area (Å²) in [6.45, 7) is 6.24. The molecule has 5 heteroatoms. The minimum Gasteiger partial charge on any atom is -0.478 e. The van der Waals surface area contributed by atoms with Crippen LogP contribution in [0.2, 0.25) is 0 Å². The first kappa shape index (κ1) is 19.0. The minimum atomic E-state index is -0.952. The van der Waals surface area contributed by atoms with E-state index in [0.717, 1.165) is 24.0 Å². The molecule has 2 aromatic carbocycles. The van der Waals surface area contributed by atoms with Crippen LogP contribution in [-0.2, 0) is 4.74 Å². The van der Waals surface area contributed by atoms with Gasteiger partial charge in [0.05, 0.1) is 11.6 Å². The number of ether oxygens (including phenoxy) is 1. The molecule has 0 radical (unpaired) electrons. The highest BCUT2D eigenvalue weighted by Gasteiger charge is 2.33. The lowest BCUT2D eigenvalue weighted by Crippen LogP contribution is -2.36. The molecule has 1 saturated heterocycles. The summed E-state index contributed by atoms with van der Waals surface area (Å²) in [5.41, 5.74) is 2.24. The number of carbonyl (C=O) groups excluding carboxylic acids is 1. The summed E-state index contributed by atoms with van der Waals surface area (Å²) in [6, 6.07) is 14.7. The highest BCUT2D eigenvalue weighted by molar-refractivity contribution is 5.96. The highest BCUT2D eigenvalue weighted by atomic mass is 16.6. The van der Waals surface area contributed by atoms with E-state index in [1.807, 2.05) is 57.2 Å². The van der Waals surface area contributed by atoms with E-state index in [1.54, 1.807) is 17.0 Å². The van der Waals surface area contributed by atoms with Crippen molar-refractivity contribution in [3.63, 3.8) is 0 Å². The van der Waals surface area contributed by atoms with Crippen LogP contribution in [0.1, 0.15) is 55.6 Å². The van der Waals surface area contributed by atoms with Crippen LogP contribution in [0.15, 0.2) is 48.5 Å². The normalized spacial score (nSPS) is 17.0. The molecule has 0 aromatic heterocycles. The fourth-order valence-corrected chi connectivity index (χ4v) is 3.49. The lowest BCUT2D eigenvalue weighted by Gasteiger charge is -2.29. The summed E-state index contributed by atoms with van der Waals surface area (Å²) in [6.07, 6.45) is 1.48. The van der Waals surface area contributed by atoms with Gasteiger partial charge in [-0.25, -0.2) is 9.59 Å². The Bertz CT molecular complexity index is 853. The van der Waals surface area contributed by atoms with Gasteiger partial charge in [0.15, 0.2) is 0 Å². The molecule has 1 atom stereocenters. The summed E-state index contributed by atoms with van der Waals surface area (Å²) < 4.78 is 5.55. The molecule has 0 bridgehead atoms. The molecule has 142 valence electrons. The van der Waals surface area contributed by atoms with E-state index >= 15 is 0 Å². The van der Waals surface area contributed by atoms with Crippen LogP contribution in [0.4, 0.5) is 4.79 Å². The number of carboxylic acids is 1. The Labute approximate surface area is 159 Å². The van der Waals surface area contributed by atoms with E-state index < -0.39 is 11.6 Å². The van der Waals surface area contributed by atoms with E-state index in [9.17, 15) is 14.7 Å².